The Hall–Kier alpha value is -0.890. The molecule has 2 rings (SSSR count). The van der Waals surface area contributed by atoms with Gasteiger partial charge in [0.1, 0.15) is 0 Å². The number of nitrogen functional groups attached to an aromatic ring is 1. The summed E-state index contributed by atoms with van der Waals surface area (Å²) in [6.07, 6.45) is 6.79. The van der Waals surface area contributed by atoms with Crippen molar-refractivity contribution in [1.29, 1.82) is 0 Å². The molecule has 16 heavy (non-hydrogen) atoms. The zero-order valence-electron chi connectivity index (χ0n) is 9.51. The fraction of sp³-hybridized carbons (Fsp3) is 0.538. The average molecular weight is 239 g/mol. The molecule has 1 saturated carbocycles. The van der Waals surface area contributed by atoms with E-state index in [-0.39, 0.29) is 0 Å². The number of rotatable bonds is 3. The average Bonchev–Trinajstić information content (AvgIpc) is 2.30. The SMILES string of the molecule is Nc1cccc(Cl)c1NCC1CCCCC1. The lowest BCUT2D eigenvalue weighted by Gasteiger charge is -2.23. The van der Waals surface area contributed by atoms with E-state index in [2.05, 4.69) is 5.32 Å². The zero-order valence-corrected chi connectivity index (χ0v) is 10.3. The summed E-state index contributed by atoms with van der Waals surface area (Å²) in [5.74, 6) is 0.782. The van der Waals surface area contributed by atoms with Crippen LogP contribution in [0.3, 0.4) is 0 Å². The number of anilines is 2. The van der Waals surface area contributed by atoms with Gasteiger partial charge in [-0.15, -0.1) is 0 Å². The van der Waals surface area contributed by atoms with Gasteiger partial charge in [-0.2, -0.15) is 0 Å². The van der Waals surface area contributed by atoms with Crippen LogP contribution >= 0.6 is 11.6 Å². The van der Waals surface area contributed by atoms with Crippen LogP contribution in [-0.2, 0) is 0 Å². The predicted molar refractivity (Wildman–Crippen MR) is 70.9 cm³/mol. The van der Waals surface area contributed by atoms with Crippen molar-refractivity contribution in [3.8, 4) is 0 Å². The molecule has 0 atom stereocenters. The molecule has 0 saturated heterocycles. The highest BCUT2D eigenvalue weighted by Crippen LogP contribution is 2.29. The molecule has 0 aromatic heterocycles. The largest absolute Gasteiger partial charge is 0.397 e. The minimum atomic E-state index is 0.718. The Labute approximate surface area is 102 Å². The van der Waals surface area contributed by atoms with Crippen molar-refractivity contribution in [1.82, 2.24) is 0 Å². The molecule has 88 valence electrons. The number of hydrogen-bond acceptors (Lipinski definition) is 2. The Morgan fingerprint density at radius 2 is 2.00 bits per heavy atom. The highest BCUT2D eigenvalue weighted by molar-refractivity contribution is 6.33. The van der Waals surface area contributed by atoms with E-state index in [0.717, 1.165) is 28.9 Å². The molecule has 1 fully saturated rings. The van der Waals surface area contributed by atoms with Crippen LogP contribution in [0, 0.1) is 5.92 Å². The molecule has 1 aromatic rings. The monoisotopic (exact) mass is 238 g/mol. The molecule has 0 unspecified atom stereocenters. The van der Waals surface area contributed by atoms with Crippen LogP contribution in [0.2, 0.25) is 5.02 Å². The molecule has 1 aliphatic carbocycles. The Morgan fingerprint density at radius 3 is 2.69 bits per heavy atom. The molecule has 1 aliphatic rings. The van der Waals surface area contributed by atoms with Gasteiger partial charge in [-0.1, -0.05) is 36.9 Å². The first-order valence-electron chi connectivity index (χ1n) is 6.05. The molecule has 0 radical (unpaired) electrons. The molecule has 0 heterocycles. The van der Waals surface area contributed by atoms with Crippen molar-refractivity contribution in [3.63, 3.8) is 0 Å². The first kappa shape index (κ1) is 11.6. The Kier molecular flexibility index (Phi) is 3.94. The smallest absolute Gasteiger partial charge is 0.0763 e. The standard InChI is InChI=1S/C13H19ClN2/c14-11-7-4-8-12(15)13(11)16-9-10-5-2-1-3-6-10/h4,7-8,10,16H,1-3,5-6,9,15H2. The number of halogens is 1. The number of benzene rings is 1. The molecule has 3 heteroatoms. The van der Waals surface area contributed by atoms with Gasteiger partial charge >= 0.3 is 0 Å². The van der Waals surface area contributed by atoms with Crippen molar-refractivity contribution < 1.29 is 0 Å². The van der Waals surface area contributed by atoms with Crippen LogP contribution in [0.15, 0.2) is 18.2 Å². The van der Waals surface area contributed by atoms with E-state index in [0.29, 0.717) is 0 Å². The van der Waals surface area contributed by atoms with Crippen LogP contribution in [0.25, 0.3) is 0 Å². The van der Waals surface area contributed by atoms with Crippen LogP contribution in [0.4, 0.5) is 11.4 Å². The molecule has 3 N–H and O–H groups in total. The third-order valence-corrected chi connectivity index (χ3v) is 3.65. The lowest BCUT2D eigenvalue weighted by molar-refractivity contribution is 0.373. The summed E-state index contributed by atoms with van der Waals surface area (Å²) in [6, 6.07) is 5.64. The van der Waals surface area contributed by atoms with E-state index in [9.17, 15) is 0 Å². The highest BCUT2D eigenvalue weighted by atomic mass is 35.5. The van der Waals surface area contributed by atoms with Crippen LogP contribution in [0.5, 0.6) is 0 Å². The summed E-state index contributed by atoms with van der Waals surface area (Å²) in [5.41, 5.74) is 7.53. The van der Waals surface area contributed by atoms with Crippen molar-refractivity contribution in [2.45, 2.75) is 32.1 Å². The van der Waals surface area contributed by atoms with Gasteiger partial charge < -0.3 is 11.1 Å². The number of para-hydroxylation sites is 1. The van der Waals surface area contributed by atoms with Crippen LogP contribution < -0.4 is 11.1 Å². The zero-order chi connectivity index (χ0) is 11.4. The first-order valence-corrected chi connectivity index (χ1v) is 6.43. The summed E-state index contributed by atoms with van der Waals surface area (Å²) in [7, 11) is 0. The van der Waals surface area contributed by atoms with Crippen molar-refractivity contribution in [2.24, 2.45) is 5.92 Å². The van der Waals surface area contributed by atoms with Gasteiger partial charge in [0.2, 0.25) is 0 Å². The maximum atomic E-state index is 6.10. The fourth-order valence-corrected chi connectivity index (χ4v) is 2.61. The van der Waals surface area contributed by atoms with Crippen LogP contribution in [-0.4, -0.2) is 6.54 Å². The summed E-state index contributed by atoms with van der Waals surface area (Å²) < 4.78 is 0. The minimum Gasteiger partial charge on any atom is -0.397 e. The lowest BCUT2D eigenvalue weighted by atomic mass is 9.89. The Bertz CT molecular complexity index is 326. The molecular formula is C13H19ClN2. The quantitative estimate of drug-likeness (QED) is 0.784. The third-order valence-electron chi connectivity index (χ3n) is 3.34. The summed E-state index contributed by atoms with van der Waals surface area (Å²) >= 11 is 6.10. The van der Waals surface area contributed by atoms with Gasteiger partial charge in [-0.3, -0.25) is 0 Å². The maximum absolute atomic E-state index is 6.10. The van der Waals surface area contributed by atoms with E-state index < -0.39 is 0 Å². The maximum Gasteiger partial charge on any atom is 0.0763 e. The summed E-state index contributed by atoms with van der Waals surface area (Å²) in [5, 5.41) is 4.11. The van der Waals surface area contributed by atoms with Gasteiger partial charge in [0.25, 0.3) is 0 Å². The van der Waals surface area contributed by atoms with Gasteiger partial charge in [-0.05, 0) is 30.9 Å². The third kappa shape index (κ3) is 2.82. The first-order chi connectivity index (χ1) is 7.77. The Morgan fingerprint density at radius 1 is 1.25 bits per heavy atom. The number of nitrogens with two attached hydrogens (primary N) is 1. The summed E-state index contributed by atoms with van der Waals surface area (Å²) in [6.45, 7) is 0.994. The number of nitrogens with one attached hydrogen (secondary N) is 1. The van der Waals surface area contributed by atoms with E-state index in [1.807, 2.05) is 18.2 Å². The van der Waals surface area contributed by atoms with Gasteiger partial charge in [0.05, 0.1) is 16.4 Å². The second-order valence-electron chi connectivity index (χ2n) is 4.59. The molecule has 1 aromatic carbocycles. The highest BCUT2D eigenvalue weighted by Gasteiger charge is 2.14. The molecule has 0 bridgehead atoms. The number of hydrogen-bond donors (Lipinski definition) is 2. The molecule has 2 nitrogen and oxygen atoms in total. The minimum absolute atomic E-state index is 0.718. The molecule has 0 spiro atoms. The van der Waals surface area contributed by atoms with Gasteiger partial charge in [0.15, 0.2) is 0 Å². The van der Waals surface area contributed by atoms with Crippen molar-refractivity contribution in [3.05, 3.63) is 23.2 Å². The normalized spacial score (nSPS) is 17.3. The second-order valence-corrected chi connectivity index (χ2v) is 5.00. The van der Waals surface area contributed by atoms with E-state index in [1.165, 1.54) is 32.1 Å². The van der Waals surface area contributed by atoms with Gasteiger partial charge in [0, 0.05) is 6.54 Å². The van der Waals surface area contributed by atoms with E-state index >= 15 is 0 Å². The molecular weight excluding hydrogens is 220 g/mol. The lowest BCUT2D eigenvalue weighted by Crippen LogP contribution is -2.17. The molecule has 0 amide bonds. The van der Waals surface area contributed by atoms with Crippen LogP contribution in [0.1, 0.15) is 32.1 Å². The summed E-state index contributed by atoms with van der Waals surface area (Å²) in [4.78, 5) is 0. The Balaban J connectivity index is 1.93. The molecule has 0 aliphatic heterocycles. The predicted octanol–water partition coefficient (Wildman–Crippen LogP) is 3.91. The second kappa shape index (κ2) is 5.44. The van der Waals surface area contributed by atoms with Gasteiger partial charge in [-0.25, -0.2) is 0 Å². The van der Waals surface area contributed by atoms with Crippen molar-refractivity contribution >= 4 is 23.0 Å². The van der Waals surface area contributed by atoms with Crippen molar-refractivity contribution in [2.75, 3.05) is 17.6 Å². The topological polar surface area (TPSA) is 38.0 Å². The van der Waals surface area contributed by atoms with E-state index in [4.69, 9.17) is 17.3 Å². The fourth-order valence-electron chi connectivity index (χ4n) is 2.36. The van der Waals surface area contributed by atoms with E-state index in [1.54, 1.807) is 0 Å².